The molecule has 1 aliphatic carbocycles. The number of hydrogen-bond acceptors (Lipinski definition) is 3. The zero-order valence-corrected chi connectivity index (χ0v) is 8.93. The molecule has 0 radical (unpaired) electrons. The first-order chi connectivity index (χ1) is 6.85. The third-order valence-electron chi connectivity index (χ3n) is 3.74. The second-order valence-electron chi connectivity index (χ2n) is 4.82. The van der Waals surface area contributed by atoms with Crippen molar-refractivity contribution < 1.29 is 4.74 Å². The van der Waals surface area contributed by atoms with Crippen LogP contribution in [-0.2, 0) is 4.74 Å². The molecule has 0 amide bonds. The molecule has 14 heavy (non-hydrogen) atoms. The summed E-state index contributed by atoms with van der Waals surface area (Å²) in [6.07, 6.45) is 6.89. The van der Waals surface area contributed by atoms with Gasteiger partial charge in [0.1, 0.15) is 0 Å². The highest BCUT2D eigenvalue weighted by atomic mass is 16.5. The maximum Gasteiger partial charge on any atom is 0.0700 e. The molecule has 2 fully saturated rings. The summed E-state index contributed by atoms with van der Waals surface area (Å²) in [5.41, 5.74) is 6.22. The average molecular weight is 198 g/mol. The van der Waals surface area contributed by atoms with Gasteiger partial charge in [0.05, 0.1) is 6.10 Å². The van der Waals surface area contributed by atoms with Crippen LogP contribution in [0.25, 0.3) is 0 Å². The highest BCUT2D eigenvalue weighted by Crippen LogP contribution is 2.39. The summed E-state index contributed by atoms with van der Waals surface area (Å²) in [5.74, 6) is 0. The highest BCUT2D eigenvalue weighted by Gasteiger charge is 2.35. The van der Waals surface area contributed by atoms with Crippen LogP contribution in [-0.4, -0.2) is 32.3 Å². The Morgan fingerprint density at radius 3 is 2.71 bits per heavy atom. The van der Waals surface area contributed by atoms with Gasteiger partial charge in [-0.2, -0.15) is 0 Å². The molecular weight excluding hydrogens is 176 g/mol. The molecule has 0 aromatic rings. The molecule has 0 spiro atoms. The monoisotopic (exact) mass is 198 g/mol. The molecule has 0 aromatic carbocycles. The standard InChI is InChI=1S/C11H22N2O/c12-8-11(4-2-5-11)9-13-7-10-3-1-6-14-10/h10,13H,1-9,12H2. The van der Waals surface area contributed by atoms with E-state index < -0.39 is 0 Å². The third kappa shape index (κ3) is 2.27. The first-order valence-electron chi connectivity index (χ1n) is 5.87. The molecule has 82 valence electrons. The Morgan fingerprint density at radius 2 is 2.21 bits per heavy atom. The first-order valence-corrected chi connectivity index (χ1v) is 5.87. The van der Waals surface area contributed by atoms with E-state index in [9.17, 15) is 0 Å². The quantitative estimate of drug-likeness (QED) is 0.689. The van der Waals surface area contributed by atoms with E-state index in [1.165, 1.54) is 32.1 Å². The highest BCUT2D eigenvalue weighted by molar-refractivity contribution is 4.90. The topological polar surface area (TPSA) is 47.3 Å². The maximum absolute atomic E-state index is 5.79. The van der Waals surface area contributed by atoms with E-state index in [-0.39, 0.29) is 0 Å². The summed E-state index contributed by atoms with van der Waals surface area (Å²) in [6, 6.07) is 0. The van der Waals surface area contributed by atoms with Gasteiger partial charge in [-0.3, -0.25) is 0 Å². The molecule has 1 aliphatic heterocycles. The van der Waals surface area contributed by atoms with Crippen LogP contribution in [0.5, 0.6) is 0 Å². The summed E-state index contributed by atoms with van der Waals surface area (Å²) in [4.78, 5) is 0. The maximum atomic E-state index is 5.79. The normalized spacial score (nSPS) is 30.2. The Bertz CT molecular complexity index is 169. The molecule has 1 atom stereocenters. The lowest BCUT2D eigenvalue weighted by molar-refractivity contribution is 0.0951. The van der Waals surface area contributed by atoms with Crippen LogP contribution in [0.2, 0.25) is 0 Å². The number of nitrogens with two attached hydrogens (primary N) is 1. The Balaban J connectivity index is 1.61. The molecule has 2 aliphatic rings. The lowest BCUT2D eigenvalue weighted by Gasteiger charge is -2.41. The molecule has 3 N–H and O–H groups in total. The SMILES string of the molecule is NCC1(CNCC2CCCO2)CCC1. The van der Waals surface area contributed by atoms with E-state index in [1.54, 1.807) is 0 Å². The van der Waals surface area contributed by atoms with Gasteiger partial charge < -0.3 is 15.8 Å². The van der Waals surface area contributed by atoms with Crippen molar-refractivity contribution in [1.29, 1.82) is 0 Å². The lowest BCUT2D eigenvalue weighted by atomic mass is 9.69. The summed E-state index contributed by atoms with van der Waals surface area (Å²) in [7, 11) is 0. The number of nitrogens with one attached hydrogen (secondary N) is 1. The van der Waals surface area contributed by atoms with Crippen molar-refractivity contribution in [3.8, 4) is 0 Å². The Hall–Kier alpha value is -0.120. The van der Waals surface area contributed by atoms with E-state index in [4.69, 9.17) is 10.5 Å². The number of rotatable bonds is 5. The fraction of sp³-hybridized carbons (Fsp3) is 1.00. The van der Waals surface area contributed by atoms with Crippen molar-refractivity contribution in [2.24, 2.45) is 11.1 Å². The largest absolute Gasteiger partial charge is 0.377 e. The molecule has 1 saturated carbocycles. The zero-order chi connectivity index (χ0) is 9.86. The van der Waals surface area contributed by atoms with Crippen LogP contribution in [0, 0.1) is 5.41 Å². The molecule has 3 nitrogen and oxygen atoms in total. The van der Waals surface area contributed by atoms with Gasteiger partial charge in [0.25, 0.3) is 0 Å². The van der Waals surface area contributed by atoms with Gasteiger partial charge in [0.15, 0.2) is 0 Å². The number of hydrogen-bond donors (Lipinski definition) is 2. The lowest BCUT2D eigenvalue weighted by Crippen LogP contribution is -2.46. The second kappa shape index (κ2) is 4.60. The van der Waals surface area contributed by atoms with Gasteiger partial charge in [0.2, 0.25) is 0 Å². The molecule has 1 heterocycles. The Morgan fingerprint density at radius 1 is 1.36 bits per heavy atom. The van der Waals surface area contributed by atoms with Crippen LogP contribution < -0.4 is 11.1 Å². The molecule has 0 bridgehead atoms. The summed E-state index contributed by atoms with van der Waals surface area (Å²) < 4.78 is 5.56. The average Bonchev–Trinajstić information content (AvgIpc) is 2.62. The predicted octanol–water partition coefficient (Wildman–Crippen LogP) is 0.884. The van der Waals surface area contributed by atoms with Gasteiger partial charge in [0, 0.05) is 19.7 Å². The van der Waals surface area contributed by atoms with Crippen LogP contribution in [0.4, 0.5) is 0 Å². The van der Waals surface area contributed by atoms with Crippen molar-refractivity contribution >= 4 is 0 Å². The van der Waals surface area contributed by atoms with Crippen LogP contribution in [0.1, 0.15) is 32.1 Å². The predicted molar refractivity (Wildman–Crippen MR) is 57.2 cm³/mol. The first kappa shape index (κ1) is 10.4. The summed E-state index contributed by atoms with van der Waals surface area (Å²) in [6.45, 7) is 3.89. The minimum Gasteiger partial charge on any atom is -0.377 e. The Labute approximate surface area is 86.4 Å². The molecular formula is C11H22N2O. The van der Waals surface area contributed by atoms with Gasteiger partial charge in [-0.1, -0.05) is 6.42 Å². The van der Waals surface area contributed by atoms with Gasteiger partial charge in [-0.15, -0.1) is 0 Å². The van der Waals surface area contributed by atoms with Crippen molar-refractivity contribution in [2.45, 2.75) is 38.2 Å². The number of ether oxygens (including phenoxy) is 1. The molecule has 1 saturated heterocycles. The van der Waals surface area contributed by atoms with Gasteiger partial charge in [-0.05, 0) is 37.6 Å². The van der Waals surface area contributed by atoms with Crippen LogP contribution >= 0.6 is 0 Å². The molecule has 0 aromatic heterocycles. The summed E-state index contributed by atoms with van der Waals surface area (Å²) in [5, 5.41) is 3.52. The minimum absolute atomic E-state index is 0.429. The third-order valence-corrected chi connectivity index (χ3v) is 3.74. The van der Waals surface area contributed by atoms with Crippen LogP contribution in [0.15, 0.2) is 0 Å². The van der Waals surface area contributed by atoms with E-state index in [2.05, 4.69) is 5.32 Å². The smallest absolute Gasteiger partial charge is 0.0700 e. The van der Waals surface area contributed by atoms with Gasteiger partial charge in [-0.25, -0.2) is 0 Å². The van der Waals surface area contributed by atoms with Crippen molar-refractivity contribution in [3.05, 3.63) is 0 Å². The Kier molecular flexibility index (Phi) is 3.42. The summed E-state index contributed by atoms with van der Waals surface area (Å²) >= 11 is 0. The minimum atomic E-state index is 0.429. The van der Waals surface area contributed by atoms with E-state index >= 15 is 0 Å². The van der Waals surface area contributed by atoms with E-state index in [0.29, 0.717) is 11.5 Å². The fourth-order valence-corrected chi connectivity index (χ4v) is 2.43. The molecule has 2 rings (SSSR count). The molecule has 3 heteroatoms. The van der Waals surface area contributed by atoms with Crippen molar-refractivity contribution in [2.75, 3.05) is 26.2 Å². The van der Waals surface area contributed by atoms with Gasteiger partial charge >= 0.3 is 0 Å². The van der Waals surface area contributed by atoms with E-state index in [0.717, 1.165) is 26.2 Å². The van der Waals surface area contributed by atoms with Crippen molar-refractivity contribution in [1.82, 2.24) is 5.32 Å². The zero-order valence-electron chi connectivity index (χ0n) is 8.93. The fourth-order valence-electron chi connectivity index (χ4n) is 2.43. The molecule has 1 unspecified atom stereocenters. The van der Waals surface area contributed by atoms with Crippen molar-refractivity contribution in [3.63, 3.8) is 0 Å². The van der Waals surface area contributed by atoms with Crippen LogP contribution in [0.3, 0.4) is 0 Å². The van der Waals surface area contributed by atoms with E-state index in [1.807, 2.05) is 0 Å². The second-order valence-corrected chi connectivity index (χ2v) is 4.82.